The van der Waals surface area contributed by atoms with Crippen molar-refractivity contribution in [2.45, 2.75) is 25.2 Å². The molecule has 3 aromatic rings. The molecule has 128 valence electrons. The van der Waals surface area contributed by atoms with Gasteiger partial charge in [-0.2, -0.15) is 0 Å². The van der Waals surface area contributed by atoms with Crippen LogP contribution in [0.3, 0.4) is 0 Å². The highest BCUT2D eigenvalue weighted by molar-refractivity contribution is 6.30. The summed E-state index contributed by atoms with van der Waals surface area (Å²) in [6.07, 6.45) is 0.0544. The molecule has 0 aromatic heterocycles. The molecule has 2 nitrogen and oxygen atoms in total. The minimum atomic E-state index is 0.0544. The number of nitrogens with zero attached hydrogens (tertiary/aromatic N) is 2. The van der Waals surface area contributed by atoms with Crippen molar-refractivity contribution in [3.8, 4) is 0 Å². The first kappa shape index (κ1) is 15.8. The van der Waals surface area contributed by atoms with Crippen molar-refractivity contribution in [3.05, 3.63) is 106 Å². The molecule has 3 heteroatoms. The van der Waals surface area contributed by atoms with E-state index in [-0.39, 0.29) is 6.17 Å². The molecule has 0 radical (unpaired) electrons. The Labute approximate surface area is 158 Å². The van der Waals surface area contributed by atoms with Gasteiger partial charge in [-0.1, -0.05) is 83.9 Å². The van der Waals surface area contributed by atoms with Crippen LogP contribution in [0.4, 0.5) is 0 Å². The summed E-state index contributed by atoms with van der Waals surface area (Å²) in [4.78, 5) is 7.59. The van der Waals surface area contributed by atoms with Gasteiger partial charge >= 0.3 is 0 Å². The van der Waals surface area contributed by atoms with Crippen LogP contribution in [0.25, 0.3) is 0 Å². The molecular weight excluding hydrogens is 340 g/mol. The fourth-order valence-corrected chi connectivity index (χ4v) is 4.10. The monoisotopic (exact) mass is 358 g/mol. The summed E-state index contributed by atoms with van der Waals surface area (Å²) in [5.41, 5.74) is 6.24. The van der Waals surface area contributed by atoms with Crippen LogP contribution in [0.1, 0.15) is 34.5 Å². The molecule has 0 spiro atoms. The zero-order valence-electron chi connectivity index (χ0n) is 14.5. The van der Waals surface area contributed by atoms with Crippen LogP contribution in [0, 0.1) is 6.92 Å². The van der Waals surface area contributed by atoms with Gasteiger partial charge in [-0.25, -0.2) is 0 Å². The summed E-state index contributed by atoms with van der Waals surface area (Å²) in [6, 6.07) is 28.3. The van der Waals surface area contributed by atoms with E-state index in [1.54, 1.807) is 0 Å². The van der Waals surface area contributed by atoms with E-state index in [0.717, 1.165) is 5.02 Å². The van der Waals surface area contributed by atoms with Crippen molar-refractivity contribution < 1.29 is 0 Å². The maximum absolute atomic E-state index is 6.08. The number of hydrogen-bond acceptors (Lipinski definition) is 2. The number of aliphatic imine (C=N–C) groups is 1. The summed E-state index contributed by atoms with van der Waals surface area (Å²) in [5.74, 6) is 0. The van der Waals surface area contributed by atoms with Crippen LogP contribution < -0.4 is 0 Å². The number of rotatable bonds is 3. The molecule has 2 aliphatic heterocycles. The molecule has 0 saturated carbocycles. The van der Waals surface area contributed by atoms with Gasteiger partial charge in [0, 0.05) is 5.02 Å². The second kappa shape index (κ2) is 6.08. The van der Waals surface area contributed by atoms with Crippen molar-refractivity contribution in [1.29, 1.82) is 0 Å². The molecule has 5 rings (SSSR count). The number of hydrogen-bond donors (Lipinski definition) is 0. The number of halogens is 1. The quantitative estimate of drug-likeness (QED) is 0.558. The maximum Gasteiger partial charge on any atom is 0.129 e. The van der Waals surface area contributed by atoms with Gasteiger partial charge in [0.2, 0.25) is 0 Å². The fraction of sp³-hybridized carbons (Fsp3) is 0.174. The summed E-state index contributed by atoms with van der Waals surface area (Å²) in [6.45, 7) is 2.12. The Balaban J connectivity index is 1.56. The van der Waals surface area contributed by atoms with E-state index in [0.29, 0.717) is 12.1 Å². The van der Waals surface area contributed by atoms with Crippen LogP contribution in [-0.2, 0) is 0 Å². The van der Waals surface area contributed by atoms with Crippen molar-refractivity contribution in [2.24, 2.45) is 4.99 Å². The molecule has 0 amide bonds. The second-order valence-electron chi connectivity index (χ2n) is 7.05. The lowest BCUT2D eigenvalue weighted by Gasteiger charge is -2.14. The van der Waals surface area contributed by atoms with Crippen molar-refractivity contribution in [2.75, 3.05) is 0 Å². The van der Waals surface area contributed by atoms with Crippen LogP contribution in [0.2, 0.25) is 5.02 Å². The average Bonchev–Trinajstić information content (AvgIpc) is 3.29. The molecule has 3 aromatic carbocycles. The molecule has 0 bridgehead atoms. The second-order valence-corrected chi connectivity index (χ2v) is 7.49. The highest BCUT2D eigenvalue weighted by Crippen LogP contribution is 2.55. The number of benzene rings is 3. The molecule has 1 fully saturated rings. The predicted octanol–water partition coefficient (Wildman–Crippen LogP) is 5.58. The van der Waals surface area contributed by atoms with Gasteiger partial charge in [0.05, 0.1) is 17.8 Å². The third kappa shape index (κ3) is 2.57. The highest BCUT2D eigenvalue weighted by atomic mass is 35.5. The normalized spacial score (nSPS) is 26.3. The zero-order chi connectivity index (χ0) is 17.7. The first-order valence-electron chi connectivity index (χ1n) is 8.95. The van der Waals surface area contributed by atoms with Crippen LogP contribution in [0.15, 0.2) is 83.9 Å². The molecule has 1 unspecified atom stereocenters. The molecule has 4 atom stereocenters. The SMILES string of the molecule is Cc1ccc(C2=N[C@H](c3ccc(Cl)cc3)N3[C@@H]2[C@@H]3c2ccccc2)cc1. The van der Waals surface area contributed by atoms with E-state index < -0.39 is 0 Å². The lowest BCUT2D eigenvalue weighted by atomic mass is 10.0. The van der Waals surface area contributed by atoms with E-state index in [2.05, 4.69) is 78.6 Å². The van der Waals surface area contributed by atoms with E-state index >= 15 is 0 Å². The minimum absolute atomic E-state index is 0.0544. The Morgan fingerprint density at radius 2 is 1.46 bits per heavy atom. The van der Waals surface area contributed by atoms with Gasteiger partial charge in [0.25, 0.3) is 0 Å². The van der Waals surface area contributed by atoms with E-state index in [9.17, 15) is 0 Å². The summed E-state index contributed by atoms with van der Waals surface area (Å²) in [7, 11) is 0. The first-order chi connectivity index (χ1) is 12.7. The average molecular weight is 359 g/mol. The van der Waals surface area contributed by atoms with Crippen molar-refractivity contribution in [1.82, 2.24) is 4.90 Å². The van der Waals surface area contributed by atoms with Crippen LogP contribution >= 0.6 is 11.6 Å². The molecule has 2 aliphatic rings. The third-order valence-corrected chi connectivity index (χ3v) is 5.58. The predicted molar refractivity (Wildman–Crippen MR) is 107 cm³/mol. The number of aryl methyl sites for hydroxylation is 1. The van der Waals surface area contributed by atoms with Crippen molar-refractivity contribution in [3.63, 3.8) is 0 Å². The van der Waals surface area contributed by atoms with Gasteiger partial charge in [-0.05, 0) is 35.7 Å². The smallest absolute Gasteiger partial charge is 0.129 e. The third-order valence-electron chi connectivity index (χ3n) is 5.33. The van der Waals surface area contributed by atoms with Gasteiger partial charge in [0.1, 0.15) is 6.17 Å². The largest absolute Gasteiger partial charge is 0.263 e. The lowest BCUT2D eigenvalue weighted by molar-refractivity contribution is 0.404. The van der Waals surface area contributed by atoms with E-state index in [4.69, 9.17) is 16.6 Å². The Hall–Kier alpha value is -2.42. The van der Waals surface area contributed by atoms with E-state index in [1.165, 1.54) is 28.0 Å². The molecule has 2 heterocycles. The maximum atomic E-state index is 6.08. The standard InChI is InChI=1S/C23H19ClN2/c1-15-7-9-16(10-8-15)20-22-21(17-5-3-2-4-6-17)26(22)23(25-20)18-11-13-19(24)14-12-18/h2-14,21-23H,1H3/t21-,22-,23-,26?/m0/s1. The lowest BCUT2D eigenvalue weighted by Crippen LogP contribution is -2.08. The Bertz CT molecular complexity index is 961. The minimum Gasteiger partial charge on any atom is -0.263 e. The first-order valence-corrected chi connectivity index (χ1v) is 9.33. The molecular formula is C23H19ClN2. The summed E-state index contributed by atoms with van der Waals surface area (Å²) >= 11 is 6.08. The molecule has 26 heavy (non-hydrogen) atoms. The summed E-state index contributed by atoms with van der Waals surface area (Å²) in [5, 5.41) is 0.761. The molecule has 0 N–H and O–H groups in total. The Morgan fingerprint density at radius 1 is 0.769 bits per heavy atom. The summed E-state index contributed by atoms with van der Waals surface area (Å²) < 4.78 is 0. The van der Waals surface area contributed by atoms with Crippen LogP contribution in [0.5, 0.6) is 0 Å². The molecule has 0 aliphatic carbocycles. The number of fused-ring (bicyclic) bond motifs is 1. The van der Waals surface area contributed by atoms with Gasteiger partial charge in [-0.15, -0.1) is 0 Å². The zero-order valence-corrected chi connectivity index (χ0v) is 15.3. The van der Waals surface area contributed by atoms with Gasteiger partial charge in [0.15, 0.2) is 0 Å². The molecule has 1 saturated heterocycles. The Kier molecular flexibility index (Phi) is 3.70. The van der Waals surface area contributed by atoms with E-state index in [1.807, 2.05) is 12.1 Å². The highest BCUT2D eigenvalue weighted by Gasteiger charge is 2.59. The Morgan fingerprint density at radius 3 is 2.15 bits per heavy atom. The van der Waals surface area contributed by atoms with Crippen molar-refractivity contribution >= 4 is 17.3 Å². The topological polar surface area (TPSA) is 15.4 Å². The fourth-order valence-electron chi connectivity index (χ4n) is 3.97. The van der Waals surface area contributed by atoms with Crippen LogP contribution in [-0.4, -0.2) is 16.7 Å². The van der Waals surface area contributed by atoms with Gasteiger partial charge < -0.3 is 0 Å². The van der Waals surface area contributed by atoms with Gasteiger partial charge in [-0.3, -0.25) is 9.89 Å².